The van der Waals surface area contributed by atoms with Crippen LogP contribution in [0.25, 0.3) is 11.0 Å². The van der Waals surface area contributed by atoms with Crippen molar-refractivity contribution in [1.29, 1.82) is 0 Å². The van der Waals surface area contributed by atoms with Crippen molar-refractivity contribution in [3.8, 4) is 0 Å². The molecule has 0 bridgehead atoms. The summed E-state index contributed by atoms with van der Waals surface area (Å²) in [5.41, 5.74) is 2.06. The normalized spacial score (nSPS) is 19.8. The molecule has 1 aliphatic rings. The molecular weight excluding hydrogens is 276 g/mol. The van der Waals surface area contributed by atoms with Crippen molar-refractivity contribution >= 4 is 11.0 Å². The Hall–Kier alpha value is -2.21. The van der Waals surface area contributed by atoms with Crippen LogP contribution in [0, 0.1) is 0 Å². The molecule has 114 valence electrons. The second-order valence-corrected chi connectivity index (χ2v) is 6.07. The van der Waals surface area contributed by atoms with Gasteiger partial charge in [0.1, 0.15) is 5.82 Å². The van der Waals surface area contributed by atoms with Gasteiger partial charge in [0, 0.05) is 43.0 Å². The van der Waals surface area contributed by atoms with Crippen LogP contribution in [0.5, 0.6) is 0 Å². The number of piperidine rings is 1. The van der Waals surface area contributed by atoms with Crippen molar-refractivity contribution in [2.24, 2.45) is 7.05 Å². The third-order valence-corrected chi connectivity index (χ3v) is 4.53. The number of fused-ring (bicyclic) bond motifs is 1. The van der Waals surface area contributed by atoms with Gasteiger partial charge in [-0.15, -0.1) is 0 Å². The van der Waals surface area contributed by atoms with E-state index in [4.69, 9.17) is 4.98 Å². The summed E-state index contributed by atoms with van der Waals surface area (Å²) in [6, 6.07) is 4.26. The van der Waals surface area contributed by atoms with Crippen LogP contribution in [0.4, 0.5) is 0 Å². The molecule has 0 spiro atoms. The Kier molecular flexibility index (Phi) is 3.38. The average Bonchev–Trinajstić information content (AvgIpc) is 3.16. The predicted octanol–water partition coefficient (Wildman–Crippen LogP) is 2.07. The summed E-state index contributed by atoms with van der Waals surface area (Å²) in [5, 5.41) is 8.09. The molecule has 0 aliphatic carbocycles. The maximum Gasteiger partial charge on any atom is 0.155 e. The van der Waals surface area contributed by atoms with Crippen LogP contribution in [-0.2, 0) is 13.6 Å². The van der Waals surface area contributed by atoms with Gasteiger partial charge in [-0.2, -0.15) is 5.10 Å². The van der Waals surface area contributed by atoms with Crippen LogP contribution in [0.15, 0.2) is 30.7 Å². The number of aryl methyl sites for hydroxylation is 1. The zero-order valence-electron chi connectivity index (χ0n) is 12.7. The largest absolute Gasteiger partial charge is 0.337 e. The van der Waals surface area contributed by atoms with Gasteiger partial charge in [0.2, 0.25) is 0 Å². The summed E-state index contributed by atoms with van der Waals surface area (Å²) in [5.74, 6) is 1.61. The Morgan fingerprint density at radius 1 is 1.36 bits per heavy atom. The fourth-order valence-corrected chi connectivity index (χ4v) is 3.26. The molecule has 0 amide bonds. The number of H-pyrrole nitrogens is 1. The fraction of sp³-hybridized carbons (Fsp3) is 0.438. The van der Waals surface area contributed by atoms with E-state index in [-0.39, 0.29) is 0 Å². The molecule has 3 aromatic heterocycles. The molecule has 1 aliphatic heterocycles. The number of hydrogen-bond acceptors (Lipinski definition) is 4. The molecule has 1 unspecified atom stereocenters. The van der Waals surface area contributed by atoms with E-state index in [1.807, 2.05) is 18.6 Å². The van der Waals surface area contributed by atoms with Gasteiger partial charge in [-0.1, -0.05) is 0 Å². The van der Waals surface area contributed by atoms with Crippen molar-refractivity contribution in [3.63, 3.8) is 0 Å². The van der Waals surface area contributed by atoms with E-state index < -0.39 is 0 Å². The molecule has 6 nitrogen and oxygen atoms in total. The SMILES string of the molecule is Cn1ccnc1CN1CCCC(c2ccc3cn[nH]c3n2)C1. The van der Waals surface area contributed by atoms with Gasteiger partial charge in [-0.25, -0.2) is 9.97 Å². The lowest BCUT2D eigenvalue weighted by molar-refractivity contribution is 0.193. The first-order valence-electron chi connectivity index (χ1n) is 7.78. The zero-order chi connectivity index (χ0) is 14.9. The minimum Gasteiger partial charge on any atom is -0.337 e. The Balaban J connectivity index is 1.51. The first kappa shape index (κ1) is 13.5. The molecule has 1 fully saturated rings. The quantitative estimate of drug-likeness (QED) is 0.803. The van der Waals surface area contributed by atoms with E-state index in [0.29, 0.717) is 5.92 Å². The molecule has 0 saturated carbocycles. The van der Waals surface area contributed by atoms with Crippen molar-refractivity contribution < 1.29 is 0 Å². The van der Waals surface area contributed by atoms with Gasteiger partial charge in [0.15, 0.2) is 5.65 Å². The first-order chi connectivity index (χ1) is 10.8. The predicted molar refractivity (Wildman–Crippen MR) is 84.3 cm³/mol. The number of likely N-dealkylation sites (tertiary alicyclic amines) is 1. The van der Waals surface area contributed by atoms with E-state index in [0.717, 1.165) is 36.5 Å². The zero-order valence-corrected chi connectivity index (χ0v) is 12.7. The van der Waals surface area contributed by atoms with Crippen molar-refractivity contribution in [2.75, 3.05) is 13.1 Å². The van der Waals surface area contributed by atoms with Gasteiger partial charge in [-0.05, 0) is 31.5 Å². The van der Waals surface area contributed by atoms with Crippen molar-refractivity contribution in [2.45, 2.75) is 25.3 Å². The number of hydrogen-bond donors (Lipinski definition) is 1. The van der Waals surface area contributed by atoms with Gasteiger partial charge in [-0.3, -0.25) is 10.00 Å². The monoisotopic (exact) mass is 296 g/mol. The van der Waals surface area contributed by atoms with Crippen LogP contribution in [0.2, 0.25) is 0 Å². The number of imidazole rings is 1. The summed E-state index contributed by atoms with van der Waals surface area (Å²) in [6.07, 6.45) is 8.09. The van der Waals surface area contributed by atoms with E-state index in [2.05, 4.69) is 43.8 Å². The van der Waals surface area contributed by atoms with E-state index in [9.17, 15) is 0 Å². The minimum absolute atomic E-state index is 0.488. The molecule has 4 heterocycles. The number of rotatable bonds is 3. The van der Waals surface area contributed by atoms with E-state index in [1.165, 1.54) is 18.5 Å². The highest BCUT2D eigenvalue weighted by Gasteiger charge is 2.23. The molecular formula is C16H20N6. The van der Waals surface area contributed by atoms with Crippen LogP contribution in [-0.4, -0.2) is 42.7 Å². The average molecular weight is 296 g/mol. The van der Waals surface area contributed by atoms with Crippen LogP contribution in [0.3, 0.4) is 0 Å². The lowest BCUT2D eigenvalue weighted by Gasteiger charge is -2.32. The van der Waals surface area contributed by atoms with E-state index >= 15 is 0 Å². The number of nitrogens with one attached hydrogen (secondary N) is 1. The second-order valence-electron chi connectivity index (χ2n) is 6.07. The first-order valence-corrected chi connectivity index (χ1v) is 7.78. The molecule has 22 heavy (non-hydrogen) atoms. The molecule has 1 saturated heterocycles. The fourth-order valence-electron chi connectivity index (χ4n) is 3.26. The maximum absolute atomic E-state index is 4.74. The van der Waals surface area contributed by atoms with Crippen LogP contribution in [0.1, 0.15) is 30.3 Å². The second kappa shape index (κ2) is 5.53. The standard InChI is InChI=1S/C16H20N6/c1-21-8-6-17-15(21)11-22-7-2-3-13(10-22)14-5-4-12-9-18-20-16(12)19-14/h4-6,8-9,13H,2-3,7,10-11H2,1H3,(H,18,19,20). The maximum atomic E-state index is 4.74. The number of nitrogens with zero attached hydrogens (tertiary/aromatic N) is 5. The molecule has 0 radical (unpaired) electrons. The highest BCUT2D eigenvalue weighted by molar-refractivity contribution is 5.73. The highest BCUT2D eigenvalue weighted by atomic mass is 15.2. The Morgan fingerprint density at radius 2 is 2.32 bits per heavy atom. The van der Waals surface area contributed by atoms with Crippen LogP contribution < -0.4 is 0 Å². The smallest absolute Gasteiger partial charge is 0.155 e. The van der Waals surface area contributed by atoms with Gasteiger partial charge < -0.3 is 4.57 Å². The van der Waals surface area contributed by atoms with Gasteiger partial charge in [0.05, 0.1) is 12.7 Å². The van der Waals surface area contributed by atoms with Crippen LogP contribution >= 0.6 is 0 Å². The summed E-state index contributed by atoms with van der Waals surface area (Å²) in [4.78, 5) is 11.7. The van der Waals surface area contributed by atoms with Gasteiger partial charge in [0.25, 0.3) is 0 Å². The Morgan fingerprint density at radius 3 is 3.18 bits per heavy atom. The lowest BCUT2D eigenvalue weighted by Crippen LogP contribution is -2.34. The number of aromatic amines is 1. The Bertz CT molecular complexity index is 774. The summed E-state index contributed by atoms with van der Waals surface area (Å²) < 4.78 is 2.10. The molecule has 4 rings (SSSR count). The molecule has 0 aromatic carbocycles. The molecule has 3 aromatic rings. The topological polar surface area (TPSA) is 62.6 Å². The molecule has 1 atom stereocenters. The lowest BCUT2D eigenvalue weighted by atomic mass is 9.94. The van der Waals surface area contributed by atoms with Crippen molar-refractivity contribution in [1.82, 2.24) is 29.6 Å². The third kappa shape index (κ3) is 2.50. The number of aromatic nitrogens is 5. The summed E-state index contributed by atoms with van der Waals surface area (Å²) in [6.45, 7) is 3.08. The molecule has 1 N–H and O–H groups in total. The summed E-state index contributed by atoms with van der Waals surface area (Å²) >= 11 is 0. The number of pyridine rings is 1. The summed E-state index contributed by atoms with van der Waals surface area (Å²) in [7, 11) is 2.05. The van der Waals surface area contributed by atoms with Crippen molar-refractivity contribution in [3.05, 3.63) is 42.2 Å². The van der Waals surface area contributed by atoms with Gasteiger partial charge >= 0.3 is 0 Å². The minimum atomic E-state index is 0.488. The van der Waals surface area contributed by atoms with E-state index in [1.54, 1.807) is 0 Å². The Labute approximate surface area is 129 Å². The highest BCUT2D eigenvalue weighted by Crippen LogP contribution is 2.27. The molecule has 6 heteroatoms. The third-order valence-electron chi connectivity index (χ3n) is 4.53.